The fourth-order valence-corrected chi connectivity index (χ4v) is 2.22. The van der Waals surface area contributed by atoms with Crippen LogP contribution in [0.25, 0.3) is 0 Å². The Kier molecular flexibility index (Phi) is 5.57. The third-order valence-corrected chi connectivity index (χ3v) is 3.32. The lowest BCUT2D eigenvalue weighted by molar-refractivity contribution is 0.167. The number of benzene rings is 2. The summed E-state index contributed by atoms with van der Waals surface area (Å²) in [4.78, 5) is 11.5. The lowest BCUT2D eigenvalue weighted by atomic mass is 10.1. The second-order valence-electron chi connectivity index (χ2n) is 5.18. The number of hydrogen-bond acceptors (Lipinski definition) is 3. The summed E-state index contributed by atoms with van der Waals surface area (Å²) in [5.74, 6) is 0.196. The van der Waals surface area contributed by atoms with Crippen molar-refractivity contribution >= 4 is 11.8 Å². The maximum absolute atomic E-state index is 14.0. The molecule has 0 atom stereocenters. The zero-order valence-corrected chi connectivity index (χ0v) is 13.5. The minimum atomic E-state index is -0.689. The summed E-state index contributed by atoms with van der Waals surface area (Å²) in [6.07, 6.45) is -0.689. The molecule has 0 saturated carbocycles. The molecule has 0 unspecified atom stereocenters. The Morgan fingerprint density at radius 3 is 2.70 bits per heavy atom. The summed E-state index contributed by atoms with van der Waals surface area (Å²) in [6, 6.07) is 10.4. The maximum atomic E-state index is 14.0. The van der Waals surface area contributed by atoms with E-state index in [1.807, 2.05) is 32.0 Å². The summed E-state index contributed by atoms with van der Waals surface area (Å²) in [5, 5.41) is 2.42. The van der Waals surface area contributed by atoms with Crippen LogP contribution < -0.4 is 10.1 Å². The molecular formula is C18H20FNO3. The number of anilines is 1. The van der Waals surface area contributed by atoms with Gasteiger partial charge >= 0.3 is 6.09 Å². The van der Waals surface area contributed by atoms with E-state index in [-0.39, 0.29) is 18.9 Å². The number of halogens is 1. The molecule has 0 spiro atoms. The number of para-hydroxylation sites is 1. The smallest absolute Gasteiger partial charge is 0.411 e. The summed E-state index contributed by atoms with van der Waals surface area (Å²) in [6.45, 7) is 6.00. The van der Waals surface area contributed by atoms with Crippen molar-refractivity contribution < 1.29 is 18.7 Å². The van der Waals surface area contributed by atoms with Gasteiger partial charge in [-0.1, -0.05) is 29.8 Å². The number of rotatable bonds is 5. The number of hydrogen-bond donors (Lipinski definition) is 1. The SMILES string of the molecule is CCOC(=O)Nc1c(F)cccc1COc1ccc(C)cc1C. The fourth-order valence-electron chi connectivity index (χ4n) is 2.22. The van der Waals surface area contributed by atoms with E-state index >= 15 is 0 Å². The molecule has 0 aliphatic carbocycles. The Morgan fingerprint density at radius 1 is 1.22 bits per heavy atom. The molecule has 23 heavy (non-hydrogen) atoms. The predicted octanol–water partition coefficient (Wildman–Crippen LogP) is 4.59. The molecule has 2 rings (SSSR count). The summed E-state index contributed by atoms with van der Waals surface area (Å²) in [7, 11) is 0. The van der Waals surface area contributed by atoms with Crippen LogP contribution in [-0.4, -0.2) is 12.7 Å². The lowest BCUT2D eigenvalue weighted by Gasteiger charge is -2.14. The van der Waals surface area contributed by atoms with E-state index in [1.54, 1.807) is 19.1 Å². The third-order valence-electron chi connectivity index (χ3n) is 3.32. The van der Waals surface area contributed by atoms with Crippen molar-refractivity contribution in [3.8, 4) is 5.75 Å². The largest absolute Gasteiger partial charge is 0.489 e. The van der Waals surface area contributed by atoms with E-state index < -0.39 is 11.9 Å². The number of nitrogens with one attached hydrogen (secondary N) is 1. The summed E-state index contributed by atoms with van der Waals surface area (Å²) >= 11 is 0. The van der Waals surface area contributed by atoms with Crippen molar-refractivity contribution in [2.45, 2.75) is 27.4 Å². The van der Waals surface area contributed by atoms with Gasteiger partial charge in [-0.25, -0.2) is 9.18 Å². The minimum Gasteiger partial charge on any atom is -0.489 e. The summed E-state index contributed by atoms with van der Waals surface area (Å²) < 4.78 is 24.5. The van der Waals surface area contributed by atoms with E-state index in [4.69, 9.17) is 9.47 Å². The number of amides is 1. The van der Waals surface area contributed by atoms with Crippen LogP contribution in [0.3, 0.4) is 0 Å². The van der Waals surface area contributed by atoms with Crippen LogP contribution in [0.5, 0.6) is 5.75 Å². The normalized spacial score (nSPS) is 10.3. The van der Waals surface area contributed by atoms with Crippen LogP contribution in [0.1, 0.15) is 23.6 Å². The zero-order chi connectivity index (χ0) is 16.8. The highest BCUT2D eigenvalue weighted by molar-refractivity contribution is 5.85. The molecule has 0 aliphatic rings. The highest BCUT2D eigenvalue weighted by Gasteiger charge is 2.13. The Hall–Kier alpha value is -2.56. The third kappa shape index (κ3) is 4.45. The van der Waals surface area contributed by atoms with Crippen LogP contribution in [0, 0.1) is 19.7 Å². The molecule has 122 valence electrons. The highest BCUT2D eigenvalue weighted by Crippen LogP contribution is 2.24. The Bertz CT molecular complexity index is 701. The van der Waals surface area contributed by atoms with Gasteiger partial charge in [0.1, 0.15) is 18.2 Å². The van der Waals surface area contributed by atoms with E-state index in [2.05, 4.69) is 5.32 Å². The van der Waals surface area contributed by atoms with Gasteiger partial charge in [0.05, 0.1) is 12.3 Å². The molecule has 0 heterocycles. The average Bonchev–Trinajstić information content (AvgIpc) is 2.49. The van der Waals surface area contributed by atoms with Gasteiger partial charge in [0.25, 0.3) is 0 Å². The Balaban J connectivity index is 2.16. The first-order chi connectivity index (χ1) is 11.0. The first-order valence-corrected chi connectivity index (χ1v) is 7.42. The van der Waals surface area contributed by atoms with Gasteiger partial charge in [0, 0.05) is 5.56 Å². The Morgan fingerprint density at radius 2 is 2.00 bits per heavy atom. The van der Waals surface area contributed by atoms with Crippen molar-refractivity contribution in [3.05, 3.63) is 58.9 Å². The molecular weight excluding hydrogens is 297 g/mol. The molecule has 5 heteroatoms. The molecule has 0 bridgehead atoms. The molecule has 2 aromatic carbocycles. The van der Waals surface area contributed by atoms with Crippen molar-refractivity contribution in [3.63, 3.8) is 0 Å². The van der Waals surface area contributed by atoms with E-state index in [0.29, 0.717) is 5.56 Å². The minimum absolute atomic E-state index is 0.0794. The second kappa shape index (κ2) is 7.63. The molecule has 0 aromatic heterocycles. The predicted molar refractivity (Wildman–Crippen MR) is 87.3 cm³/mol. The number of carbonyl (C=O) groups is 1. The molecule has 1 N–H and O–H groups in total. The Labute approximate surface area is 135 Å². The topological polar surface area (TPSA) is 47.6 Å². The van der Waals surface area contributed by atoms with Gasteiger partial charge in [-0.3, -0.25) is 5.32 Å². The molecule has 0 radical (unpaired) electrons. The quantitative estimate of drug-likeness (QED) is 0.877. The number of ether oxygens (including phenoxy) is 2. The van der Waals surface area contributed by atoms with Crippen molar-refractivity contribution in [2.75, 3.05) is 11.9 Å². The van der Waals surface area contributed by atoms with Crippen LogP contribution in [0.15, 0.2) is 36.4 Å². The van der Waals surface area contributed by atoms with Gasteiger partial charge in [-0.15, -0.1) is 0 Å². The van der Waals surface area contributed by atoms with Gasteiger partial charge in [0.2, 0.25) is 0 Å². The van der Waals surface area contributed by atoms with Crippen LogP contribution >= 0.6 is 0 Å². The molecule has 0 fully saturated rings. The zero-order valence-electron chi connectivity index (χ0n) is 13.5. The molecule has 0 aliphatic heterocycles. The highest BCUT2D eigenvalue weighted by atomic mass is 19.1. The van der Waals surface area contributed by atoms with E-state index in [1.165, 1.54) is 6.07 Å². The van der Waals surface area contributed by atoms with Crippen molar-refractivity contribution in [1.82, 2.24) is 0 Å². The van der Waals surface area contributed by atoms with E-state index in [0.717, 1.165) is 16.9 Å². The maximum Gasteiger partial charge on any atom is 0.411 e. The molecule has 2 aromatic rings. The summed E-state index contributed by atoms with van der Waals surface area (Å²) in [5.41, 5.74) is 2.76. The number of carbonyl (C=O) groups excluding carboxylic acids is 1. The average molecular weight is 317 g/mol. The van der Waals surface area contributed by atoms with Crippen molar-refractivity contribution in [2.24, 2.45) is 0 Å². The second-order valence-corrected chi connectivity index (χ2v) is 5.18. The van der Waals surface area contributed by atoms with Crippen LogP contribution in [0.2, 0.25) is 0 Å². The van der Waals surface area contributed by atoms with Gasteiger partial charge in [-0.05, 0) is 38.5 Å². The van der Waals surface area contributed by atoms with Gasteiger partial charge in [-0.2, -0.15) is 0 Å². The first-order valence-electron chi connectivity index (χ1n) is 7.42. The van der Waals surface area contributed by atoms with E-state index in [9.17, 15) is 9.18 Å². The standard InChI is InChI=1S/C18H20FNO3/c1-4-22-18(21)20-17-14(6-5-7-15(17)19)11-23-16-9-8-12(2)10-13(16)3/h5-10H,4,11H2,1-3H3,(H,20,21). The van der Waals surface area contributed by atoms with Crippen LogP contribution in [0.4, 0.5) is 14.9 Å². The van der Waals surface area contributed by atoms with Gasteiger partial charge < -0.3 is 9.47 Å². The molecule has 1 amide bonds. The molecule has 4 nitrogen and oxygen atoms in total. The first kappa shape index (κ1) is 16.8. The van der Waals surface area contributed by atoms with Gasteiger partial charge in [0.15, 0.2) is 0 Å². The lowest BCUT2D eigenvalue weighted by Crippen LogP contribution is -2.16. The number of aryl methyl sites for hydroxylation is 2. The monoisotopic (exact) mass is 317 g/mol. The fraction of sp³-hybridized carbons (Fsp3) is 0.278. The molecule has 0 saturated heterocycles. The van der Waals surface area contributed by atoms with Crippen LogP contribution in [-0.2, 0) is 11.3 Å². The van der Waals surface area contributed by atoms with Crippen molar-refractivity contribution in [1.29, 1.82) is 0 Å².